The highest BCUT2D eigenvalue weighted by Gasteiger charge is 2.27. The summed E-state index contributed by atoms with van der Waals surface area (Å²) in [6.45, 7) is 1.50. The molecule has 1 aromatic heterocycles. The van der Waals surface area contributed by atoms with E-state index in [0.717, 1.165) is 12.0 Å². The second-order valence-electron chi connectivity index (χ2n) is 5.30. The molecule has 6 nitrogen and oxygen atoms in total. The Bertz CT molecular complexity index is 651. The SMILES string of the molecule is O=C(NCc1ccc(F)cc1)N1CC[C@@H](Oc2cnccn2)C1. The van der Waals surface area contributed by atoms with Crippen LogP contribution in [0.5, 0.6) is 5.88 Å². The number of amides is 2. The van der Waals surface area contributed by atoms with E-state index in [9.17, 15) is 9.18 Å². The van der Waals surface area contributed by atoms with E-state index in [1.54, 1.807) is 35.6 Å². The first-order valence-corrected chi connectivity index (χ1v) is 7.40. The van der Waals surface area contributed by atoms with Crippen molar-refractivity contribution in [1.82, 2.24) is 20.2 Å². The van der Waals surface area contributed by atoms with Gasteiger partial charge in [-0.05, 0) is 17.7 Å². The number of hydrogen-bond acceptors (Lipinski definition) is 4. The number of nitrogens with one attached hydrogen (secondary N) is 1. The highest BCUT2D eigenvalue weighted by atomic mass is 19.1. The quantitative estimate of drug-likeness (QED) is 0.936. The number of halogens is 1. The van der Waals surface area contributed by atoms with Crippen molar-refractivity contribution in [2.45, 2.75) is 19.1 Å². The Hall–Kier alpha value is -2.70. The first kappa shape index (κ1) is 15.2. The van der Waals surface area contributed by atoms with E-state index in [1.165, 1.54) is 12.1 Å². The summed E-state index contributed by atoms with van der Waals surface area (Å²) in [6.07, 6.45) is 5.37. The highest BCUT2D eigenvalue weighted by molar-refractivity contribution is 5.74. The first-order valence-electron chi connectivity index (χ1n) is 7.40. The number of hydrogen-bond donors (Lipinski definition) is 1. The molecular formula is C16H17FN4O2. The van der Waals surface area contributed by atoms with Crippen LogP contribution in [0.3, 0.4) is 0 Å². The molecule has 0 unspecified atom stereocenters. The Morgan fingerprint density at radius 1 is 1.35 bits per heavy atom. The van der Waals surface area contributed by atoms with Gasteiger partial charge in [-0.25, -0.2) is 14.2 Å². The van der Waals surface area contributed by atoms with E-state index in [4.69, 9.17) is 4.74 Å². The monoisotopic (exact) mass is 316 g/mol. The summed E-state index contributed by atoms with van der Waals surface area (Å²) >= 11 is 0. The van der Waals surface area contributed by atoms with E-state index in [-0.39, 0.29) is 18.0 Å². The van der Waals surface area contributed by atoms with Gasteiger partial charge in [0.15, 0.2) is 0 Å². The molecule has 1 fully saturated rings. The third-order valence-electron chi connectivity index (χ3n) is 3.62. The van der Waals surface area contributed by atoms with E-state index < -0.39 is 0 Å². The fourth-order valence-electron chi connectivity index (χ4n) is 2.42. The molecule has 3 rings (SSSR count). The molecule has 0 saturated carbocycles. The molecule has 1 atom stereocenters. The van der Waals surface area contributed by atoms with Crippen LogP contribution in [0.15, 0.2) is 42.9 Å². The van der Waals surface area contributed by atoms with Crippen molar-refractivity contribution in [2.75, 3.05) is 13.1 Å². The lowest BCUT2D eigenvalue weighted by molar-refractivity contribution is 0.182. The van der Waals surface area contributed by atoms with E-state index in [1.807, 2.05) is 0 Å². The lowest BCUT2D eigenvalue weighted by atomic mass is 10.2. The van der Waals surface area contributed by atoms with E-state index in [0.29, 0.717) is 25.5 Å². The summed E-state index contributed by atoms with van der Waals surface area (Å²) in [5, 5.41) is 2.83. The third kappa shape index (κ3) is 4.15. The van der Waals surface area contributed by atoms with Gasteiger partial charge in [-0.15, -0.1) is 0 Å². The first-order chi connectivity index (χ1) is 11.2. The number of urea groups is 1. The van der Waals surface area contributed by atoms with Crippen LogP contribution in [0, 0.1) is 5.82 Å². The van der Waals surface area contributed by atoms with Crippen molar-refractivity contribution in [3.63, 3.8) is 0 Å². The van der Waals surface area contributed by atoms with Gasteiger partial charge in [-0.1, -0.05) is 12.1 Å². The van der Waals surface area contributed by atoms with Crippen molar-refractivity contribution in [3.05, 3.63) is 54.2 Å². The maximum Gasteiger partial charge on any atom is 0.317 e. The molecule has 7 heteroatoms. The predicted molar refractivity (Wildman–Crippen MR) is 81.3 cm³/mol. The summed E-state index contributed by atoms with van der Waals surface area (Å²) in [5.74, 6) is 0.176. The van der Waals surface area contributed by atoms with Crippen LogP contribution in [0.2, 0.25) is 0 Å². The zero-order valence-corrected chi connectivity index (χ0v) is 12.5. The smallest absolute Gasteiger partial charge is 0.317 e. The average Bonchev–Trinajstić information content (AvgIpc) is 3.03. The Balaban J connectivity index is 1.46. The van der Waals surface area contributed by atoms with Crippen molar-refractivity contribution in [2.24, 2.45) is 0 Å². The number of benzene rings is 1. The predicted octanol–water partition coefficient (Wildman–Crippen LogP) is 1.98. The molecule has 0 bridgehead atoms. The minimum Gasteiger partial charge on any atom is -0.471 e. The molecule has 2 amide bonds. The van der Waals surface area contributed by atoms with Gasteiger partial charge in [0.1, 0.15) is 11.9 Å². The minimum atomic E-state index is -0.288. The molecule has 2 heterocycles. The van der Waals surface area contributed by atoms with Gasteiger partial charge >= 0.3 is 6.03 Å². The largest absolute Gasteiger partial charge is 0.471 e. The second kappa shape index (κ2) is 7.04. The molecule has 1 aromatic carbocycles. The molecule has 1 aliphatic heterocycles. The topological polar surface area (TPSA) is 67.4 Å². The number of carbonyl (C=O) groups excluding carboxylic acids is 1. The summed E-state index contributed by atoms with van der Waals surface area (Å²) in [6, 6.07) is 5.91. The van der Waals surface area contributed by atoms with E-state index >= 15 is 0 Å². The maximum atomic E-state index is 12.8. The minimum absolute atomic E-state index is 0.0803. The highest BCUT2D eigenvalue weighted by Crippen LogP contribution is 2.15. The molecule has 23 heavy (non-hydrogen) atoms. The zero-order chi connectivity index (χ0) is 16.1. The molecule has 1 aliphatic rings. The van der Waals surface area contributed by atoms with Crippen LogP contribution >= 0.6 is 0 Å². The summed E-state index contributed by atoms with van der Waals surface area (Å²) in [7, 11) is 0. The Morgan fingerprint density at radius 2 is 2.17 bits per heavy atom. The number of likely N-dealkylation sites (tertiary alicyclic amines) is 1. The lowest BCUT2D eigenvalue weighted by Gasteiger charge is -2.17. The third-order valence-corrected chi connectivity index (χ3v) is 3.62. The molecule has 120 valence electrons. The van der Waals surface area contributed by atoms with Gasteiger partial charge in [0, 0.05) is 31.9 Å². The molecule has 2 aromatic rings. The van der Waals surface area contributed by atoms with Crippen LogP contribution in [0.4, 0.5) is 9.18 Å². The molecule has 0 radical (unpaired) electrons. The van der Waals surface area contributed by atoms with Crippen molar-refractivity contribution < 1.29 is 13.9 Å². The number of carbonyl (C=O) groups is 1. The average molecular weight is 316 g/mol. The number of ether oxygens (including phenoxy) is 1. The number of nitrogens with zero attached hydrogens (tertiary/aromatic N) is 3. The van der Waals surface area contributed by atoms with Crippen molar-refractivity contribution >= 4 is 6.03 Å². The summed E-state index contributed by atoms with van der Waals surface area (Å²) < 4.78 is 18.5. The lowest BCUT2D eigenvalue weighted by Crippen LogP contribution is -2.39. The van der Waals surface area contributed by atoms with Gasteiger partial charge < -0.3 is 15.0 Å². The van der Waals surface area contributed by atoms with Crippen LogP contribution in [-0.2, 0) is 6.54 Å². The van der Waals surface area contributed by atoms with E-state index in [2.05, 4.69) is 15.3 Å². The van der Waals surface area contributed by atoms with Crippen LogP contribution in [0.1, 0.15) is 12.0 Å². The van der Waals surface area contributed by atoms with Crippen LogP contribution < -0.4 is 10.1 Å². The molecule has 0 aliphatic carbocycles. The van der Waals surface area contributed by atoms with Gasteiger partial charge in [-0.2, -0.15) is 0 Å². The molecular weight excluding hydrogens is 299 g/mol. The maximum absolute atomic E-state index is 12.8. The summed E-state index contributed by atoms with van der Waals surface area (Å²) in [5.41, 5.74) is 0.853. The summed E-state index contributed by atoms with van der Waals surface area (Å²) in [4.78, 5) is 21.8. The van der Waals surface area contributed by atoms with Crippen molar-refractivity contribution in [3.8, 4) is 5.88 Å². The zero-order valence-electron chi connectivity index (χ0n) is 12.5. The Labute approximate surface area is 133 Å². The number of rotatable bonds is 4. The van der Waals surface area contributed by atoms with Crippen LogP contribution in [-0.4, -0.2) is 40.1 Å². The second-order valence-corrected chi connectivity index (χ2v) is 5.30. The van der Waals surface area contributed by atoms with Crippen LogP contribution in [0.25, 0.3) is 0 Å². The fourth-order valence-corrected chi connectivity index (χ4v) is 2.42. The van der Waals surface area contributed by atoms with Gasteiger partial charge in [0.25, 0.3) is 0 Å². The van der Waals surface area contributed by atoms with Gasteiger partial charge in [-0.3, -0.25) is 4.98 Å². The van der Waals surface area contributed by atoms with Crippen molar-refractivity contribution in [1.29, 1.82) is 0 Å². The number of aromatic nitrogens is 2. The van der Waals surface area contributed by atoms with Gasteiger partial charge in [0.05, 0.1) is 12.7 Å². The normalized spacial score (nSPS) is 17.1. The molecule has 0 spiro atoms. The fraction of sp³-hybridized carbons (Fsp3) is 0.312. The van der Waals surface area contributed by atoms with Gasteiger partial charge in [0.2, 0.25) is 5.88 Å². The standard InChI is InChI=1S/C16H17FN4O2/c17-13-3-1-12(2-4-13)9-20-16(22)21-8-5-14(11-21)23-15-10-18-6-7-19-15/h1-4,6-7,10,14H,5,8-9,11H2,(H,20,22)/t14-/m1/s1. The molecule has 1 saturated heterocycles. The molecule has 1 N–H and O–H groups in total. The Kier molecular flexibility index (Phi) is 4.65. The Morgan fingerprint density at radius 3 is 2.91 bits per heavy atom.